The average Bonchev–Trinajstić information content (AvgIpc) is 3.03. The first kappa shape index (κ1) is 22.7. The van der Waals surface area contributed by atoms with Crippen LogP contribution in [-0.2, 0) is 4.79 Å². The maximum absolute atomic E-state index is 13.3. The molecule has 0 atom stereocenters. The fourth-order valence-electron chi connectivity index (χ4n) is 3.75. The number of aryl methyl sites for hydroxylation is 1. The van der Waals surface area contributed by atoms with Gasteiger partial charge in [0.15, 0.2) is 17.3 Å². The highest BCUT2D eigenvalue weighted by molar-refractivity contribution is 7.17. The molecule has 0 N–H and O–H groups in total. The molecule has 1 aliphatic heterocycles. The van der Waals surface area contributed by atoms with Crippen molar-refractivity contribution in [3.63, 3.8) is 0 Å². The van der Waals surface area contributed by atoms with Crippen molar-refractivity contribution >= 4 is 33.7 Å². The summed E-state index contributed by atoms with van der Waals surface area (Å²) in [4.78, 5) is 33.2. The molecule has 33 heavy (non-hydrogen) atoms. The van der Waals surface area contributed by atoms with E-state index in [-0.39, 0.29) is 24.8 Å². The van der Waals surface area contributed by atoms with Crippen LogP contribution in [0.2, 0.25) is 0 Å². The van der Waals surface area contributed by atoms with Crippen LogP contribution in [0.5, 0.6) is 11.5 Å². The lowest BCUT2D eigenvalue weighted by Crippen LogP contribution is -2.36. The van der Waals surface area contributed by atoms with Crippen molar-refractivity contribution in [2.24, 2.45) is 4.99 Å². The minimum absolute atomic E-state index is 0.0970. The van der Waals surface area contributed by atoms with Crippen molar-refractivity contribution in [3.8, 4) is 11.5 Å². The number of hydrogen-bond donors (Lipinski definition) is 0. The van der Waals surface area contributed by atoms with E-state index in [4.69, 9.17) is 9.47 Å². The van der Waals surface area contributed by atoms with Gasteiger partial charge < -0.3 is 9.47 Å². The summed E-state index contributed by atoms with van der Waals surface area (Å²) in [6.07, 6.45) is 0. The van der Waals surface area contributed by atoms with Gasteiger partial charge in [0.05, 0.1) is 26.5 Å². The number of thiophene rings is 1. The van der Waals surface area contributed by atoms with E-state index in [1.165, 1.54) is 40.5 Å². The number of amides is 1. The monoisotopic (exact) mass is 466 g/mol. The smallest absolute Gasteiger partial charge is 0.249 e. The minimum Gasteiger partial charge on any atom is -0.493 e. The number of rotatable bonds is 6. The van der Waals surface area contributed by atoms with Crippen molar-refractivity contribution in [3.05, 3.63) is 75.4 Å². The van der Waals surface area contributed by atoms with Crippen LogP contribution in [0.3, 0.4) is 0 Å². The van der Waals surface area contributed by atoms with Gasteiger partial charge in [-0.1, -0.05) is 0 Å². The highest BCUT2D eigenvalue weighted by atomic mass is 32.1. The lowest BCUT2D eigenvalue weighted by atomic mass is 9.99. The standard InChI is InChI=1S/C25H23FN2O4S/c1-14-15(2)33-25-23(14)24(17-7-10-20(31-3)21(11-17)32-4)27-12-22(30)28(25)13-19(29)16-5-8-18(26)9-6-16/h5-11H,12-13H2,1-4H3. The summed E-state index contributed by atoms with van der Waals surface area (Å²) in [6.45, 7) is 3.72. The Labute approximate surface area is 195 Å². The Balaban J connectivity index is 1.77. The molecule has 2 heterocycles. The third-order valence-electron chi connectivity index (χ3n) is 5.65. The van der Waals surface area contributed by atoms with Gasteiger partial charge in [-0.05, 0) is 61.9 Å². The maximum Gasteiger partial charge on any atom is 0.249 e. The number of benzene rings is 2. The summed E-state index contributed by atoms with van der Waals surface area (Å²) in [7, 11) is 3.13. The van der Waals surface area contributed by atoms with Crippen LogP contribution >= 0.6 is 11.3 Å². The summed E-state index contributed by atoms with van der Waals surface area (Å²) < 4.78 is 24.1. The number of hydrogen-bond acceptors (Lipinski definition) is 6. The van der Waals surface area contributed by atoms with E-state index in [0.717, 1.165) is 21.6 Å². The van der Waals surface area contributed by atoms with Crippen molar-refractivity contribution in [2.75, 3.05) is 32.2 Å². The fraction of sp³-hybridized carbons (Fsp3) is 0.240. The van der Waals surface area contributed by atoms with Gasteiger partial charge in [-0.2, -0.15) is 0 Å². The van der Waals surface area contributed by atoms with Gasteiger partial charge in [-0.25, -0.2) is 4.39 Å². The van der Waals surface area contributed by atoms with Crippen molar-refractivity contribution in [1.82, 2.24) is 0 Å². The second-order valence-corrected chi connectivity index (χ2v) is 8.81. The molecule has 3 aromatic rings. The number of carbonyl (C=O) groups is 2. The molecule has 0 aliphatic carbocycles. The highest BCUT2D eigenvalue weighted by Crippen LogP contribution is 2.40. The molecule has 0 bridgehead atoms. The number of Topliss-reactive ketones (excluding diaryl/α,β-unsaturated/α-hetero) is 1. The van der Waals surface area contributed by atoms with E-state index in [9.17, 15) is 14.0 Å². The first-order valence-corrected chi connectivity index (χ1v) is 11.1. The van der Waals surface area contributed by atoms with Crippen LogP contribution in [0.1, 0.15) is 31.9 Å². The largest absolute Gasteiger partial charge is 0.493 e. The first-order chi connectivity index (χ1) is 15.8. The zero-order chi connectivity index (χ0) is 23.7. The number of anilines is 1. The molecule has 1 aromatic heterocycles. The van der Waals surface area contributed by atoms with Crippen LogP contribution in [0.4, 0.5) is 9.39 Å². The van der Waals surface area contributed by atoms with Crippen LogP contribution < -0.4 is 14.4 Å². The number of aliphatic imine (C=N–C) groups is 1. The molecule has 2 aromatic carbocycles. The number of methoxy groups -OCH3 is 2. The number of carbonyl (C=O) groups excluding carboxylic acids is 2. The predicted octanol–water partition coefficient (Wildman–Crippen LogP) is 4.59. The van der Waals surface area contributed by atoms with Crippen LogP contribution in [-0.4, -0.2) is 44.7 Å². The molecule has 4 rings (SSSR count). The van der Waals surface area contributed by atoms with Gasteiger partial charge in [0.2, 0.25) is 5.91 Å². The molecule has 0 unspecified atom stereocenters. The molecule has 1 amide bonds. The van der Waals surface area contributed by atoms with Gasteiger partial charge in [0.1, 0.15) is 17.4 Å². The molecule has 1 aliphatic rings. The van der Waals surface area contributed by atoms with Gasteiger partial charge in [0, 0.05) is 21.6 Å². The summed E-state index contributed by atoms with van der Waals surface area (Å²) >= 11 is 1.45. The van der Waals surface area contributed by atoms with Gasteiger partial charge in [-0.15, -0.1) is 11.3 Å². The van der Waals surface area contributed by atoms with Crippen molar-refractivity contribution in [2.45, 2.75) is 13.8 Å². The maximum atomic E-state index is 13.3. The van der Waals surface area contributed by atoms with E-state index < -0.39 is 5.82 Å². The van der Waals surface area contributed by atoms with E-state index in [1.54, 1.807) is 20.3 Å². The second kappa shape index (κ2) is 9.15. The number of halogens is 1. The van der Waals surface area contributed by atoms with Gasteiger partial charge in [0.25, 0.3) is 0 Å². The fourth-order valence-corrected chi connectivity index (χ4v) is 4.93. The summed E-state index contributed by atoms with van der Waals surface area (Å²) in [6, 6.07) is 10.8. The summed E-state index contributed by atoms with van der Waals surface area (Å²) in [5, 5.41) is 0.677. The number of nitrogens with zero attached hydrogens (tertiary/aromatic N) is 2. The zero-order valence-corrected chi connectivity index (χ0v) is 19.6. The van der Waals surface area contributed by atoms with Crippen LogP contribution in [0.25, 0.3) is 0 Å². The second-order valence-electron chi connectivity index (χ2n) is 7.61. The Morgan fingerprint density at radius 2 is 1.79 bits per heavy atom. The third kappa shape index (κ3) is 4.26. The highest BCUT2D eigenvalue weighted by Gasteiger charge is 2.31. The number of fused-ring (bicyclic) bond motifs is 1. The van der Waals surface area contributed by atoms with Crippen LogP contribution in [0.15, 0.2) is 47.5 Å². The molecular formula is C25H23FN2O4S. The Morgan fingerprint density at radius 3 is 2.45 bits per heavy atom. The molecule has 0 fully saturated rings. The molecule has 170 valence electrons. The summed E-state index contributed by atoms with van der Waals surface area (Å²) in [5.41, 5.74) is 3.62. The molecule has 0 spiro atoms. The summed E-state index contributed by atoms with van der Waals surface area (Å²) in [5.74, 6) is 0.187. The molecule has 8 heteroatoms. The molecular weight excluding hydrogens is 443 g/mol. The first-order valence-electron chi connectivity index (χ1n) is 10.3. The quantitative estimate of drug-likeness (QED) is 0.499. The Bertz CT molecular complexity index is 1260. The van der Waals surface area contributed by atoms with E-state index in [2.05, 4.69) is 4.99 Å². The Kier molecular flexibility index (Phi) is 6.29. The molecule has 6 nitrogen and oxygen atoms in total. The van der Waals surface area contributed by atoms with Gasteiger partial charge >= 0.3 is 0 Å². The average molecular weight is 467 g/mol. The third-order valence-corrected chi connectivity index (χ3v) is 6.88. The molecule has 0 saturated heterocycles. The Morgan fingerprint density at radius 1 is 1.09 bits per heavy atom. The predicted molar refractivity (Wildman–Crippen MR) is 127 cm³/mol. The molecule has 0 radical (unpaired) electrons. The number of ether oxygens (including phenoxy) is 2. The number of ketones is 1. The SMILES string of the molecule is COc1ccc(C2=NCC(=O)N(CC(=O)c3ccc(F)cc3)c3sc(C)c(C)c32)cc1OC. The van der Waals surface area contributed by atoms with Crippen molar-refractivity contribution in [1.29, 1.82) is 0 Å². The van der Waals surface area contributed by atoms with Gasteiger partial charge in [-0.3, -0.25) is 19.5 Å². The zero-order valence-electron chi connectivity index (χ0n) is 18.8. The lowest BCUT2D eigenvalue weighted by molar-refractivity contribution is -0.117. The van der Waals surface area contributed by atoms with Crippen molar-refractivity contribution < 1.29 is 23.5 Å². The van der Waals surface area contributed by atoms with E-state index in [1.807, 2.05) is 26.0 Å². The lowest BCUT2D eigenvalue weighted by Gasteiger charge is -2.20. The van der Waals surface area contributed by atoms with E-state index in [0.29, 0.717) is 27.8 Å². The molecule has 0 saturated carbocycles. The van der Waals surface area contributed by atoms with E-state index >= 15 is 0 Å². The normalized spacial score (nSPS) is 13.3. The minimum atomic E-state index is -0.419. The Hall–Kier alpha value is -3.52. The topological polar surface area (TPSA) is 68.2 Å². The van der Waals surface area contributed by atoms with Crippen LogP contribution in [0, 0.1) is 19.7 Å².